The zero-order valence-electron chi connectivity index (χ0n) is 16.1. The number of imidazole rings is 1. The summed E-state index contributed by atoms with van der Waals surface area (Å²) in [5.74, 6) is 1.51. The number of fused-ring (bicyclic) bond motifs is 1. The number of benzene rings is 1. The van der Waals surface area contributed by atoms with E-state index in [2.05, 4.69) is 41.1 Å². The molecule has 2 aliphatic rings. The number of carbonyl (C=O) groups excluding carboxylic acids is 1. The Balaban J connectivity index is 1.35. The van der Waals surface area contributed by atoms with Gasteiger partial charge in [-0.15, -0.1) is 0 Å². The quantitative estimate of drug-likeness (QED) is 0.769. The fourth-order valence-corrected chi connectivity index (χ4v) is 5.47. The van der Waals surface area contributed by atoms with Crippen molar-refractivity contribution in [3.05, 3.63) is 47.3 Å². The number of likely N-dealkylation sites (tertiary alicyclic amines) is 1. The van der Waals surface area contributed by atoms with E-state index < -0.39 is 0 Å². The molecule has 1 aliphatic heterocycles. The molecule has 4 rings (SSSR count). The topological polar surface area (TPSA) is 49.0 Å². The van der Waals surface area contributed by atoms with Crippen molar-refractivity contribution >= 4 is 17.7 Å². The number of amides is 1. The molecule has 2 atom stereocenters. The molecule has 1 saturated heterocycles. The lowest BCUT2D eigenvalue weighted by Gasteiger charge is -2.44. The van der Waals surface area contributed by atoms with E-state index in [0.717, 1.165) is 35.4 Å². The minimum Gasteiger partial charge on any atom is -0.339 e. The second kappa shape index (κ2) is 8.51. The number of thioether (sulfide) groups is 1. The molecule has 0 spiro atoms. The maximum Gasteiger partial charge on any atom is 0.233 e. The van der Waals surface area contributed by atoms with Crippen LogP contribution in [0.4, 0.5) is 0 Å². The number of piperidine rings is 1. The van der Waals surface area contributed by atoms with E-state index in [-0.39, 0.29) is 5.91 Å². The smallest absolute Gasteiger partial charge is 0.233 e. The summed E-state index contributed by atoms with van der Waals surface area (Å²) in [7, 11) is 0. The Morgan fingerprint density at radius 3 is 2.81 bits per heavy atom. The number of hydrogen-bond donors (Lipinski definition) is 1. The minimum absolute atomic E-state index is 0.287. The van der Waals surface area contributed by atoms with Crippen LogP contribution in [0.5, 0.6) is 0 Å². The molecule has 2 aromatic rings. The fraction of sp³-hybridized carbons (Fsp3) is 0.545. The zero-order valence-corrected chi connectivity index (χ0v) is 16.9. The van der Waals surface area contributed by atoms with Gasteiger partial charge in [0.1, 0.15) is 0 Å². The molecule has 144 valence electrons. The lowest BCUT2D eigenvalue weighted by atomic mass is 9.78. The van der Waals surface area contributed by atoms with Crippen LogP contribution in [0.25, 0.3) is 0 Å². The Hall–Kier alpha value is -1.75. The predicted octanol–water partition coefficient (Wildman–Crippen LogP) is 4.58. The van der Waals surface area contributed by atoms with Gasteiger partial charge in [0, 0.05) is 24.7 Å². The summed E-state index contributed by atoms with van der Waals surface area (Å²) in [4.78, 5) is 23.2. The van der Waals surface area contributed by atoms with Crippen molar-refractivity contribution in [2.24, 2.45) is 5.92 Å². The molecule has 1 amide bonds. The molecule has 0 bridgehead atoms. The standard InChI is InChI=1S/C22H29N3OS/c1-16-19(14-17-8-3-2-4-9-17)24-22(23-16)27-15-21(26)25-13-7-11-18-10-5-6-12-20(18)25/h2-4,8-9,18,20H,5-7,10-15H2,1H3,(H,23,24). The summed E-state index contributed by atoms with van der Waals surface area (Å²) < 4.78 is 0. The van der Waals surface area contributed by atoms with Gasteiger partial charge >= 0.3 is 0 Å². The molecule has 1 aromatic carbocycles. The summed E-state index contributed by atoms with van der Waals surface area (Å²) in [6.45, 7) is 3.01. The van der Waals surface area contributed by atoms with Crippen LogP contribution >= 0.6 is 11.8 Å². The van der Waals surface area contributed by atoms with Gasteiger partial charge in [-0.05, 0) is 44.1 Å². The average Bonchev–Trinajstić information content (AvgIpc) is 3.06. The van der Waals surface area contributed by atoms with Gasteiger partial charge in [0.05, 0.1) is 11.4 Å². The van der Waals surface area contributed by atoms with Crippen molar-refractivity contribution in [2.45, 2.75) is 63.1 Å². The van der Waals surface area contributed by atoms with Crippen LogP contribution in [-0.4, -0.2) is 39.1 Å². The molecule has 2 unspecified atom stereocenters. The van der Waals surface area contributed by atoms with E-state index in [0.29, 0.717) is 11.8 Å². The third kappa shape index (κ3) is 4.40. The van der Waals surface area contributed by atoms with E-state index >= 15 is 0 Å². The molecule has 4 nitrogen and oxygen atoms in total. The van der Waals surface area contributed by atoms with Crippen LogP contribution in [0.1, 0.15) is 55.5 Å². The first-order chi connectivity index (χ1) is 13.2. The average molecular weight is 384 g/mol. The summed E-state index contributed by atoms with van der Waals surface area (Å²) in [5.41, 5.74) is 3.43. The van der Waals surface area contributed by atoms with Crippen molar-refractivity contribution < 1.29 is 4.79 Å². The van der Waals surface area contributed by atoms with Crippen molar-refractivity contribution in [3.8, 4) is 0 Å². The molecular weight excluding hydrogens is 354 g/mol. The van der Waals surface area contributed by atoms with Gasteiger partial charge in [0.25, 0.3) is 0 Å². The first-order valence-electron chi connectivity index (χ1n) is 10.2. The normalized spacial score (nSPS) is 22.5. The van der Waals surface area contributed by atoms with Gasteiger partial charge in [-0.25, -0.2) is 4.98 Å². The molecule has 1 N–H and O–H groups in total. The number of hydrogen-bond acceptors (Lipinski definition) is 3. The van der Waals surface area contributed by atoms with Crippen LogP contribution in [0.2, 0.25) is 0 Å². The zero-order chi connectivity index (χ0) is 18.6. The van der Waals surface area contributed by atoms with Gasteiger partial charge in [-0.1, -0.05) is 54.9 Å². The van der Waals surface area contributed by atoms with E-state index in [1.54, 1.807) is 11.8 Å². The number of aryl methyl sites for hydroxylation is 1. The second-order valence-electron chi connectivity index (χ2n) is 7.91. The lowest BCUT2D eigenvalue weighted by Crippen LogP contribution is -2.50. The van der Waals surface area contributed by atoms with Crippen molar-refractivity contribution in [2.75, 3.05) is 12.3 Å². The van der Waals surface area contributed by atoms with E-state index in [9.17, 15) is 4.79 Å². The van der Waals surface area contributed by atoms with Gasteiger partial charge in [0.2, 0.25) is 5.91 Å². The van der Waals surface area contributed by atoms with Crippen LogP contribution in [0, 0.1) is 12.8 Å². The van der Waals surface area contributed by atoms with E-state index in [1.165, 1.54) is 44.1 Å². The number of nitrogens with one attached hydrogen (secondary N) is 1. The summed E-state index contributed by atoms with van der Waals surface area (Å²) in [6.07, 6.45) is 8.42. The Kier molecular flexibility index (Phi) is 5.86. The Labute approximate surface area is 166 Å². The third-order valence-corrected chi connectivity index (χ3v) is 6.93. The highest BCUT2D eigenvalue weighted by atomic mass is 32.2. The molecular formula is C22H29N3OS. The molecule has 1 saturated carbocycles. The largest absolute Gasteiger partial charge is 0.339 e. The van der Waals surface area contributed by atoms with E-state index in [1.807, 2.05) is 6.07 Å². The third-order valence-electron chi connectivity index (χ3n) is 6.07. The van der Waals surface area contributed by atoms with Crippen molar-refractivity contribution in [1.82, 2.24) is 14.9 Å². The SMILES string of the molecule is Cc1[nH]c(SCC(=O)N2CCCC3CCCCC32)nc1Cc1ccccc1. The Morgan fingerprint density at radius 2 is 1.96 bits per heavy atom. The monoisotopic (exact) mass is 383 g/mol. The highest BCUT2D eigenvalue weighted by Gasteiger charge is 2.35. The first-order valence-corrected chi connectivity index (χ1v) is 11.2. The van der Waals surface area contributed by atoms with Crippen LogP contribution < -0.4 is 0 Å². The van der Waals surface area contributed by atoms with Crippen molar-refractivity contribution in [1.29, 1.82) is 0 Å². The molecule has 5 heteroatoms. The van der Waals surface area contributed by atoms with Gasteiger partial charge in [-0.2, -0.15) is 0 Å². The minimum atomic E-state index is 0.287. The summed E-state index contributed by atoms with van der Waals surface area (Å²) in [6, 6.07) is 10.9. The molecule has 1 aliphatic carbocycles. The lowest BCUT2D eigenvalue weighted by molar-refractivity contribution is -0.134. The number of aromatic amines is 1. The van der Waals surface area contributed by atoms with E-state index in [4.69, 9.17) is 4.98 Å². The van der Waals surface area contributed by atoms with Crippen LogP contribution in [0.3, 0.4) is 0 Å². The summed E-state index contributed by atoms with van der Waals surface area (Å²) >= 11 is 1.55. The molecule has 27 heavy (non-hydrogen) atoms. The number of aromatic nitrogens is 2. The first kappa shape index (κ1) is 18.6. The Morgan fingerprint density at radius 1 is 1.19 bits per heavy atom. The highest BCUT2D eigenvalue weighted by molar-refractivity contribution is 7.99. The number of nitrogens with zero attached hydrogens (tertiary/aromatic N) is 2. The van der Waals surface area contributed by atoms with Crippen molar-refractivity contribution in [3.63, 3.8) is 0 Å². The number of rotatable bonds is 5. The number of carbonyl (C=O) groups is 1. The highest BCUT2D eigenvalue weighted by Crippen LogP contribution is 2.35. The second-order valence-corrected chi connectivity index (χ2v) is 8.87. The molecule has 2 fully saturated rings. The van der Waals surface area contributed by atoms with Gasteiger partial charge < -0.3 is 9.88 Å². The maximum absolute atomic E-state index is 12.9. The Bertz CT molecular complexity index is 771. The maximum atomic E-state index is 12.9. The fourth-order valence-electron chi connectivity index (χ4n) is 4.64. The molecule has 1 aromatic heterocycles. The molecule has 0 radical (unpaired) electrons. The van der Waals surface area contributed by atoms with Gasteiger partial charge in [0.15, 0.2) is 5.16 Å². The number of H-pyrrole nitrogens is 1. The summed E-state index contributed by atoms with van der Waals surface area (Å²) in [5, 5.41) is 0.865. The van der Waals surface area contributed by atoms with Gasteiger partial charge in [-0.3, -0.25) is 4.79 Å². The van der Waals surface area contributed by atoms with Crippen LogP contribution in [0.15, 0.2) is 35.5 Å². The predicted molar refractivity (Wildman–Crippen MR) is 110 cm³/mol. The molecule has 2 heterocycles. The van der Waals surface area contributed by atoms with Crippen LogP contribution in [-0.2, 0) is 11.2 Å².